The van der Waals surface area contributed by atoms with Crippen LogP contribution in [0.5, 0.6) is 5.75 Å². The van der Waals surface area contributed by atoms with Crippen molar-refractivity contribution in [2.75, 3.05) is 12.4 Å². The number of benzene rings is 1. The van der Waals surface area contributed by atoms with E-state index >= 15 is 0 Å². The number of hydrogen-bond acceptors (Lipinski definition) is 4. The van der Waals surface area contributed by atoms with Crippen LogP contribution < -0.4 is 10.1 Å². The molecule has 3 nitrogen and oxygen atoms in total. The van der Waals surface area contributed by atoms with Crippen molar-refractivity contribution in [3.8, 4) is 5.75 Å². The quantitative estimate of drug-likeness (QED) is 0.872. The predicted molar refractivity (Wildman–Crippen MR) is 92.9 cm³/mol. The lowest BCUT2D eigenvalue weighted by atomic mass is 10.0. The maximum atomic E-state index is 12.1. The zero-order valence-corrected chi connectivity index (χ0v) is 14.3. The molecule has 22 heavy (non-hydrogen) atoms. The second-order valence-electron chi connectivity index (χ2n) is 4.99. The largest absolute Gasteiger partial charge is 0.493 e. The Labute approximate surface area is 143 Å². The summed E-state index contributed by atoms with van der Waals surface area (Å²) in [7, 11) is 0. The first-order valence-electron chi connectivity index (χ1n) is 7.05. The van der Waals surface area contributed by atoms with E-state index < -0.39 is 0 Å². The number of carbonyl (C=O) groups excluding carboxylic acids is 1. The van der Waals surface area contributed by atoms with Gasteiger partial charge in [-0.05, 0) is 18.2 Å². The average Bonchev–Trinajstić information content (AvgIpc) is 2.93. The lowest BCUT2D eigenvalue weighted by Gasteiger charge is -2.26. The van der Waals surface area contributed by atoms with E-state index in [1.807, 2.05) is 36.4 Å². The van der Waals surface area contributed by atoms with Crippen molar-refractivity contribution < 1.29 is 9.53 Å². The van der Waals surface area contributed by atoms with Gasteiger partial charge in [0.1, 0.15) is 5.75 Å². The number of thiophene rings is 1. The highest BCUT2D eigenvalue weighted by Crippen LogP contribution is 2.31. The minimum absolute atomic E-state index is 0.0502. The molecule has 1 amide bonds. The summed E-state index contributed by atoms with van der Waals surface area (Å²) in [6.45, 7) is 0.642. The summed E-state index contributed by atoms with van der Waals surface area (Å²) in [6.07, 6.45) is 0.813. The third-order valence-electron chi connectivity index (χ3n) is 3.40. The number of carbonyl (C=O) groups is 1. The Kier molecular flexibility index (Phi) is 5.28. The molecule has 0 saturated heterocycles. The minimum Gasteiger partial charge on any atom is -0.493 e. The van der Waals surface area contributed by atoms with E-state index in [0.717, 1.165) is 27.8 Å². The molecule has 1 N–H and O–H groups in total. The van der Waals surface area contributed by atoms with E-state index in [2.05, 4.69) is 5.32 Å². The van der Waals surface area contributed by atoms with Gasteiger partial charge < -0.3 is 10.1 Å². The van der Waals surface area contributed by atoms with Gasteiger partial charge in [0.15, 0.2) is 0 Å². The van der Waals surface area contributed by atoms with Gasteiger partial charge in [-0.2, -0.15) is 0 Å². The molecule has 0 radical (unpaired) electrons. The van der Waals surface area contributed by atoms with Crippen molar-refractivity contribution in [2.24, 2.45) is 0 Å². The number of amides is 1. The number of ether oxygens (including phenoxy) is 1. The highest BCUT2D eigenvalue weighted by atomic mass is 35.5. The standard InChI is InChI=1S/C16H16ClNO2S2/c17-15-6-5-11(22-15)9-21-10-16(19)18-13-7-8-20-14-4-2-1-3-12(13)14/h1-6,13H,7-10H2,(H,18,19)/t13-/m0/s1. The summed E-state index contributed by atoms with van der Waals surface area (Å²) in [5, 5.41) is 3.10. The number of nitrogens with one attached hydrogen (secondary N) is 1. The second kappa shape index (κ2) is 7.40. The molecule has 1 aliphatic heterocycles. The Balaban J connectivity index is 1.50. The fraction of sp³-hybridized carbons (Fsp3) is 0.312. The smallest absolute Gasteiger partial charge is 0.230 e. The van der Waals surface area contributed by atoms with Crippen molar-refractivity contribution in [1.29, 1.82) is 0 Å². The number of thioether (sulfide) groups is 1. The Morgan fingerprint density at radius 2 is 2.23 bits per heavy atom. The molecular weight excluding hydrogens is 338 g/mol. The van der Waals surface area contributed by atoms with Crippen molar-refractivity contribution >= 4 is 40.6 Å². The Morgan fingerprint density at radius 1 is 1.36 bits per heavy atom. The molecule has 1 aromatic heterocycles. The van der Waals surface area contributed by atoms with Crippen LogP contribution in [0.25, 0.3) is 0 Å². The first kappa shape index (κ1) is 15.7. The monoisotopic (exact) mass is 353 g/mol. The van der Waals surface area contributed by atoms with Crippen molar-refractivity contribution in [3.63, 3.8) is 0 Å². The normalized spacial score (nSPS) is 16.7. The molecule has 1 atom stereocenters. The SMILES string of the molecule is O=C(CSCc1ccc(Cl)s1)N[C@H]1CCOc2ccccc21. The third-order valence-corrected chi connectivity index (χ3v) is 5.80. The van der Waals surface area contributed by atoms with Gasteiger partial charge in [-0.25, -0.2) is 0 Å². The number of rotatable bonds is 5. The molecule has 2 heterocycles. The van der Waals surface area contributed by atoms with Gasteiger partial charge in [0.25, 0.3) is 0 Å². The second-order valence-corrected chi connectivity index (χ2v) is 7.78. The molecule has 0 spiro atoms. The molecule has 1 aromatic carbocycles. The Hall–Kier alpha value is -1.17. The molecule has 1 aliphatic rings. The third kappa shape index (κ3) is 3.97. The van der Waals surface area contributed by atoms with Gasteiger partial charge in [-0.3, -0.25) is 4.79 Å². The number of para-hydroxylation sites is 1. The molecule has 0 saturated carbocycles. The fourth-order valence-electron chi connectivity index (χ4n) is 2.40. The van der Waals surface area contributed by atoms with Crippen molar-refractivity contribution in [1.82, 2.24) is 5.32 Å². The molecule has 0 unspecified atom stereocenters. The van der Waals surface area contributed by atoms with Crippen molar-refractivity contribution in [2.45, 2.75) is 18.2 Å². The summed E-state index contributed by atoms with van der Waals surface area (Å²) in [6, 6.07) is 11.8. The highest BCUT2D eigenvalue weighted by Gasteiger charge is 2.22. The van der Waals surface area contributed by atoms with E-state index in [4.69, 9.17) is 16.3 Å². The molecule has 3 rings (SSSR count). The summed E-state index contributed by atoms with van der Waals surface area (Å²) in [5.74, 6) is 2.21. The van der Waals surface area contributed by atoms with Gasteiger partial charge >= 0.3 is 0 Å². The van der Waals surface area contributed by atoms with Crippen LogP contribution in [0.2, 0.25) is 4.34 Å². The van der Waals surface area contributed by atoms with Crippen LogP contribution in [-0.4, -0.2) is 18.3 Å². The van der Waals surface area contributed by atoms with Gasteiger partial charge in [0.2, 0.25) is 5.91 Å². The summed E-state index contributed by atoms with van der Waals surface area (Å²) in [4.78, 5) is 13.3. The average molecular weight is 354 g/mol. The zero-order chi connectivity index (χ0) is 15.4. The molecule has 116 valence electrons. The van der Waals surface area contributed by atoms with Crippen LogP contribution >= 0.6 is 34.7 Å². The minimum atomic E-state index is 0.0502. The van der Waals surface area contributed by atoms with Crippen molar-refractivity contribution in [3.05, 3.63) is 51.2 Å². The maximum absolute atomic E-state index is 12.1. The Bertz CT molecular complexity index is 659. The topological polar surface area (TPSA) is 38.3 Å². The molecule has 2 aromatic rings. The molecule has 0 bridgehead atoms. The van der Waals surface area contributed by atoms with E-state index in [1.54, 1.807) is 23.1 Å². The van der Waals surface area contributed by atoms with Gasteiger partial charge in [-0.1, -0.05) is 29.8 Å². The molecule has 6 heteroatoms. The Morgan fingerprint density at radius 3 is 3.05 bits per heavy atom. The van der Waals surface area contributed by atoms with Crippen LogP contribution in [-0.2, 0) is 10.5 Å². The van der Waals surface area contributed by atoms with Crippen LogP contribution in [0.15, 0.2) is 36.4 Å². The van der Waals surface area contributed by atoms with Gasteiger partial charge in [0, 0.05) is 22.6 Å². The van der Waals surface area contributed by atoms with Crippen LogP contribution in [0, 0.1) is 0 Å². The molecular formula is C16H16ClNO2S2. The van der Waals surface area contributed by atoms with E-state index in [0.29, 0.717) is 12.4 Å². The van der Waals surface area contributed by atoms with Gasteiger partial charge in [-0.15, -0.1) is 23.1 Å². The summed E-state index contributed by atoms with van der Waals surface area (Å²) >= 11 is 9.06. The molecule has 0 fully saturated rings. The summed E-state index contributed by atoms with van der Waals surface area (Å²) < 4.78 is 6.40. The maximum Gasteiger partial charge on any atom is 0.230 e. The number of fused-ring (bicyclic) bond motifs is 1. The predicted octanol–water partition coefficient (Wildman–Crippen LogP) is 4.27. The number of halogens is 1. The van der Waals surface area contributed by atoms with Crippen LogP contribution in [0.3, 0.4) is 0 Å². The number of hydrogen-bond donors (Lipinski definition) is 1. The lowest BCUT2D eigenvalue weighted by Crippen LogP contribution is -2.33. The highest BCUT2D eigenvalue weighted by molar-refractivity contribution is 7.99. The lowest BCUT2D eigenvalue weighted by molar-refractivity contribution is -0.119. The van der Waals surface area contributed by atoms with Gasteiger partial charge in [0.05, 0.1) is 22.7 Å². The summed E-state index contributed by atoms with van der Waals surface area (Å²) in [5.41, 5.74) is 1.07. The first-order valence-corrected chi connectivity index (χ1v) is 9.40. The van der Waals surface area contributed by atoms with E-state index in [9.17, 15) is 4.79 Å². The zero-order valence-electron chi connectivity index (χ0n) is 11.9. The van der Waals surface area contributed by atoms with Crippen LogP contribution in [0.1, 0.15) is 22.9 Å². The first-order chi connectivity index (χ1) is 10.7. The van der Waals surface area contributed by atoms with E-state index in [-0.39, 0.29) is 11.9 Å². The molecule has 0 aliphatic carbocycles. The van der Waals surface area contributed by atoms with E-state index in [1.165, 1.54) is 4.88 Å². The van der Waals surface area contributed by atoms with Crippen LogP contribution in [0.4, 0.5) is 0 Å². The fourth-order valence-corrected chi connectivity index (χ4v) is 4.44.